The van der Waals surface area contributed by atoms with Crippen LogP contribution in [-0.2, 0) is 0 Å². The molecule has 0 aromatic heterocycles. The van der Waals surface area contributed by atoms with Crippen LogP contribution >= 0.6 is 12.6 Å². The highest BCUT2D eigenvalue weighted by Crippen LogP contribution is 2.37. The van der Waals surface area contributed by atoms with Gasteiger partial charge in [-0.05, 0) is 58.8 Å². The molecule has 0 amide bonds. The van der Waals surface area contributed by atoms with E-state index in [0.29, 0.717) is 5.56 Å². The summed E-state index contributed by atoms with van der Waals surface area (Å²) in [6, 6.07) is 7.98. The van der Waals surface area contributed by atoms with E-state index in [1.165, 1.54) is 12.1 Å². The molecule has 0 atom stereocenters. The molecule has 0 aliphatic carbocycles. The Balaban J connectivity index is 2.21. The van der Waals surface area contributed by atoms with Crippen LogP contribution in [-0.4, -0.2) is 36.6 Å². The van der Waals surface area contributed by atoms with Crippen molar-refractivity contribution in [3.05, 3.63) is 65.6 Å². The van der Waals surface area contributed by atoms with Gasteiger partial charge in [-0.3, -0.25) is 0 Å². The van der Waals surface area contributed by atoms with Crippen LogP contribution < -0.4 is 5.32 Å². The topological polar surface area (TPSA) is 52.6 Å². The number of thiol groups is 1. The molecule has 0 saturated carbocycles. The second-order valence-corrected chi connectivity index (χ2v) is 6.56. The average Bonchev–Trinajstić information content (AvgIpc) is 2.62. The molecule has 0 fully saturated rings. The first-order chi connectivity index (χ1) is 12.4. The molecular formula is C20H19FN2O2S. The number of anilines is 1. The SMILES string of the molecule is CNc1cc(C2=CCN(C)C=C2)c(-c2ccc(F)c(C(=O)O)c2)cc1S. The average molecular weight is 370 g/mol. The zero-order valence-electron chi connectivity index (χ0n) is 14.5. The number of carbonyl (C=O) groups is 1. The molecule has 0 bridgehead atoms. The van der Waals surface area contributed by atoms with Gasteiger partial charge >= 0.3 is 5.97 Å². The molecule has 0 radical (unpaired) electrons. The number of hydrogen-bond donors (Lipinski definition) is 3. The summed E-state index contributed by atoms with van der Waals surface area (Å²) >= 11 is 4.51. The van der Waals surface area contributed by atoms with E-state index < -0.39 is 11.8 Å². The van der Waals surface area contributed by atoms with Gasteiger partial charge in [0, 0.05) is 31.2 Å². The summed E-state index contributed by atoms with van der Waals surface area (Å²) in [4.78, 5) is 14.1. The maximum absolute atomic E-state index is 13.8. The summed E-state index contributed by atoms with van der Waals surface area (Å²) in [6.45, 7) is 0.770. The lowest BCUT2D eigenvalue weighted by atomic mass is 9.92. The summed E-state index contributed by atoms with van der Waals surface area (Å²) in [5.74, 6) is -2.04. The van der Waals surface area contributed by atoms with Gasteiger partial charge in [-0.2, -0.15) is 0 Å². The zero-order valence-corrected chi connectivity index (χ0v) is 15.3. The highest BCUT2D eigenvalue weighted by atomic mass is 32.1. The molecule has 26 heavy (non-hydrogen) atoms. The Bertz CT molecular complexity index is 938. The predicted molar refractivity (Wildman–Crippen MR) is 105 cm³/mol. The van der Waals surface area contributed by atoms with E-state index in [4.69, 9.17) is 0 Å². The summed E-state index contributed by atoms with van der Waals surface area (Å²) in [6.07, 6.45) is 6.08. The standard InChI is InChI=1S/C20H19FN2O2S/c1-22-18-10-14(12-5-7-23(2)8-6-12)15(11-19(18)26)13-3-4-17(21)16(9-13)20(24)25/h3-7,9-11,22,26H,8H2,1-2H3,(H,24,25). The van der Waals surface area contributed by atoms with Crippen LogP contribution in [0.2, 0.25) is 0 Å². The van der Waals surface area contributed by atoms with Crippen LogP contribution in [0.1, 0.15) is 15.9 Å². The summed E-state index contributed by atoms with van der Waals surface area (Å²) in [7, 11) is 3.80. The van der Waals surface area contributed by atoms with Crippen molar-refractivity contribution in [1.29, 1.82) is 0 Å². The van der Waals surface area contributed by atoms with Crippen molar-refractivity contribution >= 4 is 29.9 Å². The van der Waals surface area contributed by atoms with Crippen LogP contribution in [0.15, 0.2) is 53.6 Å². The maximum atomic E-state index is 13.8. The largest absolute Gasteiger partial charge is 0.478 e. The third-order valence-corrected chi connectivity index (χ3v) is 4.70. The lowest BCUT2D eigenvalue weighted by molar-refractivity contribution is 0.0692. The fourth-order valence-corrected chi connectivity index (χ4v) is 3.21. The van der Waals surface area contributed by atoms with Crippen molar-refractivity contribution in [3.63, 3.8) is 0 Å². The van der Waals surface area contributed by atoms with Gasteiger partial charge in [0.25, 0.3) is 0 Å². The molecule has 134 valence electrons. The summed E-state index contributed by atoms with van der Waals surface area (Å²) in [5, 5.41) is 12.3. The fraction of sp³-hybridized carbons (Fsp3) is 0.150. The number of halogens is 1. The molecule has 1 aliphatic rings. The lowest BCUT2D eigenvalue weighted by Gasteiger charge is -2.21. The predicted octanol–water partition coefficient (Wildman–Crippen LogP) is 4.36. The first-order valence-electron chi connectivity index (χ1n) is 8.07. The van der Waals surface area contributed by atoms with Gasteiger partial charge in [-0.25, -0.2) is 9.18 Å². The first-order valence-corrected chi connectivity index (χ1v) is 8.52. The van der Waals surface area contributed by atoms with E-state index in [1.54, 1.807) is 6.07 Å². The highest BCUT2D eigenvalue weighted by Gasteiger charge is 2.17. The van der Waals surface area contributed by atoms with Gasteiger partial charge in [0.05, 0.1) is 5.56 Å². The molecule has 3 rings (SSSR count). The van der Waals surface area contributed by atoms with Gasteiger partial charge in [0.2, 0.25) is 0 Å². The number of hydrogen-bond acceptors (Lipinski definition) is 4. The third-order valence-electron chi connectivity index (χ3n) is 4.33. The van der Waals surface area contributed by atoms with Crippen LogP contribution in [0.25, 0.3) is 16.7 Å². The minimum absolute atomic E-state index is 0.347. The second-order valence-electron chi connectivity index (χ2n) is 6.08. The monoisotopic (exact) mass is 370 g/mol. The molecule has 2 N–H and O–H groups in total. The molecule has 6 heteroatoms. The van der Waals surface area contributed by atoms with Crippen molar-refractivity contribution in [2.75, 3.05) is 26.0 Å². The van der Waals surface area contributed by atoms with E-state index in [1.807, 2.05) is 38.5 Å². The first kappa shape index (κ1) is 18.1. The summed E-state index contributed by atoms with van der Waals surface area (Å²) in [5.41, 5.74) is 3.89. The minimum atomic E-state index is -1.29. The van der Waals surface area contributed by atoms with Crippen molar-refractivity contribution in [1.82, 2.24) is 4.90 Å². The van der Waals surface area contributed by atoms with Crippen LogP contribution in [0.4, 0.5) is 10.1 Å². The molecule has 0 saturated heterocycles. The van der Waals surface area contributed by atoms with Crippen LogP contribution in [0.5, 0.6) is 0 Å². The number of carboxylic acids is 1. The van der Waals surface area contributed by atoms with Gasteiger partial charge < -0.3 is 15.3 Å². The molecule has 1 heterocycles. The smallest absolute Gasteiger partial charge is 0.338 e. The fourth-order valence-electron chi connectivity index (χ4n) is 2.90. The second kappa shape index (κ2) is 7.25. The molecule has 2 aromatic carbocycles. The zero-order chi connectivity index (χ0) is 18.8. The van der Waals surface area contributed by atoms with Crippen LogP contribution in [0.3, 0.4) is 0 Å². The number of rotatable bonds is 4. The van der Waals surface area contributed by atoms with Crippen molar-refractivity contribution < 1.29 is 14.3 Å². The molecule has 2 aromatic rings. The van der Waals surface area contributed by atoms with E-state index >= 15 is 0 Å². The lowest BCUT2D eigenvalue weighted by Crippen LogP contribution is -2.13. The van der Waals surface area contributed by atoms with E-state index in [9.17, 15) is 14.3 Å². The van der Waals surface area contributed by atoms with Crippen molar-refractivity contribution in [2.45, 2.75) is 4.90 Å². The van der Waals surface area contributed by atoms with Gasteiger partial charge in [-0.15, -0.1) is 12.6 Å². The van der Waals surface area contributed by atoms with Crippen molar-refractivity contribution in [2.24, 2.45) is 0 Å². The Kier molecular flexibility index (Phi) is 5.04. The molecule has 4 nitrogen and oxygen atoms in total. The highest BCUT2D eigenvalue weighted by molar-refractivity contribution is 7.80. The Hall–Kier alpha value is -2.73. The molecule has 0 unspecified atom stereocenters. The van der Waals surface area contributed by atoms with Gasteiger partial charge in [0.1, 0.15) is 5.82 Å². The Morgan fingerprint density at radius 3 is 2.65 bits per heavy atom. The number of likely N-dealkylation sites (N-methyl/N-ethyl adjacent to an activating group) is 1. The minimum Gasteiger partial charge on any atom is -0.478 e. The number of aromatic carboxylic acids is 1. The maximum Gasteiger partial charge on any atom is 0.338 e. The molecule has 1 aliphatic heterocycles. The van der Waals surface area contributed by atoms with E-state index in [2.05, 4.69) is 28.9 Å². The van der Waals surface area contributed by atoms with Gasteiger partial charge in [0.15, 0.2) is 0 Å². The molecule has 0 spiro atoms. The van der Waals surface area contributed by atoms with E-state index in [0.717, 1.165) is 33.8 Å². The number of benzene rings is 2. The molecular weight excluding hydrogens is 351 g/mol. The Morgan fingerprint density at radius 2 is 2.04 bits per heavy atom. The van der Waals surface area contributed by atoms with Gasteiger partial charge in [-0.1, -0.05) is 12.1 Å². The number of nitrogens with zero attached hydrogens (tertiary/aromatic N) is 1. The van der Waals surface area contributed by atoms with Crippen molar-refractivity contribution in [3.8, 4) is 11.1 Å². The van der Waals surface area contributed by atoms with Crippen LogP contribution in [0, 0.1) is 5.82 Å². The number of carboxylic acid groups (broad SMARTS) is 1. The Morgan fingerprint density at radius 1 is 1.27 bits per heavy atom. The quantitative estimate of drug-likeness (QED) is 0.700. The third kappa shape index (κ3) is 3.46. The summed E-state index contributed by atoms with van der Waals surface area (Å²) < 4.78 is 13.8. The van der Waals surface area contributed by atoms with E-state index in [-0.39, 0.29) is 5.56 Å². The number of allylic oxidation sites excluding steroid dienone is 2. The number of nitrogens with one attached hydrogen (secondary N) is 1. The Labute approximate surface area is 157 Å². The normalized spacial score (nSPS) is 13.5.